The molecule has 2 aromatic carbocycles. The predicted octanol–water partition coefficient (Wildman–Crippen LogP) is 4.69. The summed E-state index contributed by atoms with van der Waals surface area (Å²) in [6.07, 6.45) is -4.51. The summed E-state index contributed by atoms with van der Waals surface area (Å²) in [4.78, 5) is 12.8. The first-order valence-electron chi connectivity index (χ1n) is 9.35. The van der Waals surface area contributed by atoms with Crippen molar-refractivity contribution < 1.29 is 27.3 Å². The van der Waals surface area contributed by atoms with E-state index in [1.807, 2.05) is 6.07 Å². The van der Waals surface area contributed by atoms with Crippen LogP contribution >= 0.6 is 12.6 Å². The van der Waals surface area contributed by atoms with Crippen LogP contribution in [0.25, 0.3) is 0 Å². The molecule has 2 aromatic rings. The number of rotatable bonds is 4. The standard InChI is InChI=1S/C22H18F3N3O2S/c1-3-30-20(29)18-13(2)28(17-6-4-5-16(11-17)22(23,24)25)21(31)27-19(18)15-9-7-14(12-26)8-10-15/h4-11,19H,3H2,1-2H3,(H,27,31)/p+1. The van der Waals surface area contributed by atoms with E-state index in [1.54, 1.807) is 38.1 Å². The summed E-state index contributed by atoms with van der Waals surface area (Å²) >= 11 is 4.45. The summed E-state index contributed by atoms with van der Waals surface area (Å²) in [7, 11) is 0. The third-order valence-corrected chi connectivity index (χ3v) is 5.13. The van der Waals surface area contributed by atoms with Crippen LogP contribution in [0, 0.1) is 11.3 Å². The predicted molar refractivity (Wildman–Crippen MR) is 112 cm³/mol. The van der Waals surface area contributed by atoms with Crippen LogP contribution in [0.2, 0.25) is 0 Å². The Balaban J connectivity index is 2.15. The van der Waals surface area contributed by atoms with E-state index in [-0.39, 0.29) is 23.0 Å². The first kappa shape index (κ1) is 22.4. The highest BCUT2D eigenvalue weighted by molar-refractivity contribution is 7.96. The Morgan fingerprint density at radius 2 is 1.94 bits per heavy atom. The summed E-state index contributed by atoms with van der Waals surface area (Å²) < 4.78 is 46.3. The molecule has 0 aliphatic carbocycles. The summed E-state index contributed by atoms with van der Waals surface area (Å²) in [5.41, 5.74) is 1.14. The van der Waals surface area contributed by atoms with Crippen LogP contribution in [-0.2, 0) is 15.7 Å². The fourth-order valence-electron chi connectivity index (χ4n) is 3.37. The number of carbonyl (C=O) groups is 1. The molecule has 0 bridgehead atoms. The second-order valence-corrected chi connectivity index (χ2v) is 7.16. The molecule has 0 fully saturated rings. The molecule has 0 aromatic heterocycles. The van der Waals surface area contributed by atoms with Crippen molar-refractivity contribution in [2.75, 3.05) is 6.61 Å². The first-order chi connectivity index (χ1) is 14.7. The number of halogens is 3. The van der Waals surface area contributed by atoms with Crippen LogP contribution in [0.1, 0.15) is 36.6 Å². The number of amidine groups is 1. The van der Waals surface area contributed by atoms with Crippen LogP contribution in [0.4, 0.5) is 18.9 Å². The van der Waals surface area contributed by atoms with E-state index in [1.165, 1.54) is 16.7 Å². The molecule has 1 aliphatic heterocycles. The maximum absolute atomic E-state index is 13.2. The van der Waals surface area contributed by atoms with Crippen molar-refractivity contribution in [3.8, 4) is 6.07 Å². The lowest BCUT2D eigenvalue weighted by atomic mass is 9.95. The summed E-state index contributed by atoms with van der Waals surface area (Å²) in [6.45, 7) is 3.43. The SMILES string of the molecule is CCOC(=O)C1=C(C)[N+](c2cccc(C(F)(F)F)c2)=C(S)NC1c1ccc(C#N)cc1. The van der Waals surface area contributed by atoms with Crippen molar-refractivity contribution >= 4 is 29.5 Å². The number of benzene rings is 2. The maximum Gasteiger partial charge on any atom is 0.416 e. The molecule has 1 heterocycles. The Hall–Kier alpha value is -3.25. The van der Waals surface area contributed by atoms with Gasteiger partial charge in [0.15, 0.2) is 6.04 Å². The van der Waals surface area contributed by atoms with Crippen molar-refractivity contribution in [2.45, 2.75) is 26.1 Å². The fourth-order valence-corrected chi connectivity index (χ4v) is 3.76. The lowest BCUT2D eigenvalue weighted by Gasteiger charge is -2.25. The molecule has 1 unspecified atom stereocenters. The Morgan fingerprint density at radius 1 is 1.26 bits per heavy atom. The van der Waals surface area contributed by atoms with Crippen LogP contribution in [0.15, 0.2) is 59.8 Å². The summed E-state index contributed by atoms with van der Waals surface area (Å²) in [5, 5.41) is 12.4. The van der Waals surface area contributed by atoms with E-state index in [4.69, 9.17) is 10.00 Å². The highest BCUT2D eigenvalue weighted by atomic mass is 32.1. The topological polar surface area (TPSA) is 65.1 Å². The number of allylic oxidation sites excluding steroid dienone is 1. The van der Waals surface area contributed by atoms with Crippen molar-refractivity contribution in [1.29, 1.82) is 5.26 Å². The van der Waals surface area contributed by atoms with Gasteiger partial charge in [-0.2, -0.15) is 23.0 Å². The molecule has 5 nitrogen and oxygen atoms in total. The first-order valence-corrected chi connectivity index (χ1v) is 9.79. The van der Waals surface area contributed by atoms with Gasteiger partial charge >= 0.3 is 17.3 Å². The van der Waals surface area contributed by atoms with E-state index in [0.29, 0.717) is 16.8 Å². The van der Waals surface area contributed by atoms with Crippen LogP contribution in [-0.4, -0.2) is 22.3 Å². The van der Waals surface area contributed by atoms with E-state index in [9.17, 15) is 18.0 Å². The number of thiol groups is 1. The number of nitriles is 1. The lowest BCUT2D eigenvalue weighted by Crippen LogP contribution is -2.40. The van der Waals surface area contributed by atoms with Gasteiger partial charge in [0.25, 0.3) is 0 Å². The number of ether oxygens (including phenoxy) is 1. The molecule has 1 N–H and O–H groups in total. The quantitative estimate of drug-likeness (QED) is 0.406. The second kappa shape index (κ2) is 8.86. The average Bonchev–Trinajstić information content (AvgIpc) is 2.73. The second-order valence-electron chi connectivity index (χ2n) is 6.74. The lowest BCUT2D eigenvalue weighted by molar-refractivity contribution is -0.386. The molecular weight excluding hydrogens is 427 g/mol. The van der Waals surface area contributed by atoms with Gasteiger partial charge in [-0.3, -0.25) is 5.32 Å². The van der Waals surface area contributed by atoms with Crippen LogP contribution in [0.5, 0.6) is 0 Å². The third-order valence-electron chi connectivity index (χ3n) is 4.80. The number of nitrogens with one attached hydrogen (secondary N) is 1. The Labute approximate surface area is 182 Å². The normalized spacial score (nSPS) is 16.6. The summed E-state index contributed by atoms with van der Waals surface area (Å²) in [5.74, 6) is -0.598. The number of nitrogens with zero attached hydrogens (tertiary/aromatic N) is 2. The van der Waals surface area contributed by atoms with Gasteiger partial charge < -0.3 is 4.74 Å². The Bertz CT molecular complexity index is 1120. The third kappa shape index (κ3) is 4.59. The van der Waals surface area contributed by atoms with Crippen molar-refractivity contribution in [2.24, 2.45) is 0 Å². The molecule has 9 heteroatoms. The summed E-state index contributed by atoms with van der Waals surface area (Å²) in [6, 6.07) is 12.8. The molecule has 0 amide bonds. The van der Waals surface area contributed by atoms with E-state index < -0.39 is 23.8 Å². The maximum atomic E-state index is 13.2. The van der Waals surface area contributed by atoms with Crippen molar-refractivity contribution in [1.82, 2.24) is 5.32 Å². The molecule has 1 aliphatic rings. The molecule has 0 spiro atoms. The smallest absolute Gasteiger partial charge is 0.416 e. The zero-order chi connectivity index (χ0) is 22.8. The molecule has 0 radical (unpaired) electrons. The van der Waals surface area contributed by atoms with Crippen molar-refractivity contribution in [3.63, 3.8) is 0 Å². The van der Waals surface area contributed by atoms with Crippen LogP contribution < -0.4 is 5.32 Å². The monoisotopic (exact) mass is 446 g/mol. The highest BCUT2D eigenvalue weighted by Crippen LogP contribution is 2.36. The van der Waals surface area contributed by atoms with Gasteiger partial charge in [0.2, 0.25) is 0 Å². The van der Waals surface area contributed by atoms with Gasteiger partial charge in [0.05, 0.1) is 23.8 Å². The van der Waals surface area contributed by atoms with Gasteiger partial charge in [-0.1, -0.05) is 30.8 Å². The molecule has 31 heavy (non-hydrogen) atoms. The number of carbonyl (C=O) groups excluding carboxylic acids is 1. The molecule has 0 saturated carbocycles. The van der Waals surface area contributed by atoms with Gasteiger partial charge in [-0.25, -0.2) is 4.79 Å². The van der Waals surface area contributed by atoms with Gasteiger partial charge in [0.1, 0.15) is 17.0 Å². The molecule has 0 saturated heterocycles. The van der Waals surface area contributed by atoms with Gasteiger partial charge in [-0.15, -0.1) is 0 Å². The van der Waals surface area contributed by atoms with Crippen LogP contribution in [0.3, 0.4) is 0 Å². The molecule has 3 rings (SSSR count). The minimum absolute atomic E-state index is 0.136. The van der Waals surface area contributed by atoms with Gasteiger partial charge in [0, 0.05) is 5.56 Å². The minimum Gasteiger partial charge on any atom is -0.462 e. The number of alkyl halides is 3. The largest absolute Gasteiger partial charge is 0.462 e. The fraction of sp³-hybridized carbons (Fsp3) is 0.227. The van der Waals surface area contributed by atoms with E-state index in [0.717, 1.165) is 12.1 Å². The minimum atomic E-state index is -4.51. The van der Waals surface area contributed by atoms with Gasteiger partial charge in [-0.05, 0) is 44.2 Å². The zero-order valence-electron chi connectivity index (χ0n) is 16.7. The van der Waals surface area contributed by atoms with Crippen molar-refractivity contribution in [3.05, 3.63) is 76.5 Å². The van der Waals surface area contributed by atoms with E-state index in [2.05, 4.69) is 17.9 Å². The zero-order valence-corrected chi connectivity index (χ0v) is 17.6. The highest BCUT2D eigenvalue weighted by Gasteiger charge is 2.39. The number of hydrogen-bond donors (Lipinski definition) is 2. The molecule has 160 valence electrons. The van der Waals surface area contributed by atoms with E-state index >= 15 is 0 Å². The molecule has 1 atom stereocenters. The number of esters is 1. The number of hydrogen-bond acceptors (Lipinski definition) is 4. The Morgan fingerprint density at radius 3 is 2.52 bits per heavy atom. The molecular formula is C22H19F3N3O2S+. The Kier molecular flexibility index (Phi) is 6.41. The average molecular weight is 446 g/mol.